The van der Waals surface area contributed by atoms with Crippen molar-refractivity contribution in [3.63, 3.8) is 0 Å². The molecule has 0 unspecified atom stereocenters. The molecular weight excluding hydrogens is 459 g/mol. The number of nitrogens with zero attached hydrogens (tertiary/aromatic N) is 1. The van der Waals surface area contributed by atoms with E-state index in [0.717, 1.165) is 25.9 Å². The average molecular weight is 494 g/mol. The number of likely N-dealkylation sites (tertiary alicyclic amines) is 1. The van der Waals surface area contributed by atoms with E-state index in [2.05, 4.69) is 95.2 Å². The van der Waals surface area contributed by atoms with E-state index in [-0.39, 0.29) is 30.2 Å². The second kappa shape index (κ2) is 10.7. The molecule has 6 rings (SSSR count). The molecule has 0 bridgehead atoms. The van der Waals surface area contributed by atoms with Gasteiger partial charge in [-0.2, -0.15) is 0 Å². The smallest absolute Gasteiger partial charge is 0.0582 e. The van der Waals surface area contributed by atoms with Gasteiger partial charge in [0.15, 0.2) is 0 Å². The summed E-state index contributed by atoms with van der Waals surface area (Å²) >= 11 is 0. The summed E-state index contributed by atoms with van der Waals surface area (Å²) in [7, 11) is 0. The van der Waals surface area contributed by atoms with Crippen LogP contribution in [0.1, 0.15) is 52.3 Å². The fraction of sp³-hybridized carbons (Fsp3) is 0.333. The fourth-order valence-electron chi connectivity index (χ4n) is 6.16. The quantitative estimate of drug-likeness (QED) is 0.455. The highest BCUT2D eigenvalue weighted by atomic mass is 35.5. The molecule has 1 fully saturated rings. The third-order valence-electron chi connectivity index (χ3n) is 8.00. The first-order valence-corrected chi connectivity index (χ1v) is 12.2. The van der Waals surface area contributed by atoms with E-state index in [1.54, 1.807) is 5.56 Å². The standard InChI is InChI=1S/C30H32N2.2ClH/c1-4-10-26-23(7-1)13-14-24-8-2-5-11-27(24)29(26)31-19-22-32-20-17-30(18-21-32)16-15-25-9-3-6-12-28(25)30;;/h1-12,15-16,29,31H,13-14,17-22H2;2*1H. The van der Waals surface area contributed by atoms with Crippen LogP contribution >= 0.6 is 24.8 Å². The SMILES string of the molecule is C1=CC2(CCN(CCNC3c4ccccc4CCc4ccccc43)CC2)c2ccccc21.Cl.Cl. The molecule has 0 amide bonds. The summed E-state index contributed by atoms with van der Waals surface area (Å²) in [6.07, 6.45) is 9.55. The topological polar surface area (TPSA) is 15.3 Å². The van der Waals surface area contributed by atoms with E-state index in [1.807, 2.05) is 0 Å². The van der Waals surface area contributed by atoms with E-state index in [1.165, 1.54) is 53.7 Å². The Bertz CT molecular complexity index is 1100. The number of hydrogen-bond acceptors (Lipinski definition) is 2. The Morgan fingerprint density at radius 3 is 2.03 bits per heavy atom. The Labute approximate surface area is 216 Å². The second-order valence-corrected chi connectivity index (χ2v) is 9.70. The Morgan fingerprint density at radius 2 is 1.35 bits per heavy atom. The summed E-state index contributed by atoms with van der Waals surface area (Å²) in [4.78, 5) is 2.65. The molecule has 0 saturated carbocycles. The number of piperidine rings is 1. The average Bonchev–Trinajstić information content (AvgIpc) is 3.12. The van der Waals surface area contributed by atoms with Crippen molar-refractivity contribution in [3.8, 4) is 0 Å². The molecule has 3 aliphatic rings. The van der Waals surface area contributed by atoms with Crippen LogP contribution in [0.5, 0.6) is 0 Å². The van der Waals surface area contributed by atoms with Crippen LogP contribution < -0.4 is 5.32 Å². The molecule has 1 aliphatic heterocycles. The van der Waals surface area contributed by atoms with Gasteiger partial charge in [-0.05, 0) is 72.2 Å². The van der Waals surface area contributed by atoms with Crippen LogP contribution in [-0.2, 0) is 18.3 Å². The third-order valence-corrected chi connectivity index (χ3v) is 8.00. The zero-order valence-corrected chi connectivity index (χ0v) is 21.2. The molecule has 0 atom stereocenters. The van der Waals surface area contributed by atoms with E-state index in [9.17, 15) is 0 Å². The van der Waals surface area contributed by atoms with Gasteiger partial charge in [0.2, 0.25) is 0 Å². The fourth-order valence-corrected chi connectivity index (χ4v) is 6.16. The third kappa shape index (κ3) is 4.57. The number of rotatable bonds is 4. The van der Waals surface area contributed by atoms with Gasteiger partial charge in [-0.15, -0.1) is 24.8 Å². The number of halogens is 2. The van der Waals surface area contributed by atoms with Gasteiger partial charge in [0, 0.05) is 18.5 Å². The minimum atomic E-state index is 0. The van der Waals surface area contributed by atoms with Crippen molar-refractivity contribution in [1.29, 1.82) is 0 Å². The monoisotopic (exact) mass is 492 g/mol. The van der Waals surface area contributed by atoms with Crippen molar-refractivity contribution in [2.45, 2.75) is 37.1 Å². The van der Waals surface area contributed by atoms with Crippen LogP contribution in [0.2, 0.25) is 0 Å². The Kier molecular flexibility index (Phi) is 7.84. The zero-order valence-electron chi connectivity index (χ0n) is 19.6. The maximum Gasteiger partial charge on any atom is 0.0582 e. The van der Waals surface area contributed by atoms with Crippen LogP contribution in [0.15, 0.2) is 78.9 Å². The van der Waals surface area contributed by atoms with Crippen molar-refractivity contribution in [3.05, 3.63) is 112 Å². The summed E-state index contributed by atoms with van der Waals surface area (Å²) in [6, 6.07) is 27.3. The molecular formula is C30H34Cl2N2. The first-order chi connectivity index (χ1) is 15.8. The maximum atomic E-state index is 3.94. The van der Waals surface area contributed by atoms with E-state index in [4.69, 9.17) is 0 Å². The molecule has 1 saturated heterocycles. The number of benzene rings is 3. The minimum Gasteiger partial charge on any atom is -0.305 e. The Morgan fingerprint density at radius 1 is 0.765 bits per heavy atom. The molecule has 2 aliphatic carbocycles. The predicted molar refractivity (Wildman–Crippen MR) is 147 cm³/mol. The van der Waals surface area contributed by atoms with Gasteiger partial charge in [0.25, 0.3) is 0 Å². The first-order valence-electron chi connectivity index (χ1n) is 12.2. The van der Waals surface area contributed by atoms with Gasteiger partial charge in [0.1, 0.15) is 0 Å². The van der Waals surface area contributed by atoms with Crippen LogP contribution in [0.4, 0.5) is 0 Å². The highest BCUT2D eigenvalue weighted by molar-refractivity contribution is 5.85. The minimum absolute atomic E-state index is 0. The van der Waals surface area contributed by atoms with Gasteiger partial charge in [-0.1, -0.05) is 84.9 Å². The normalized spacial score (nSPS) is 18.2. The van der Waals surface area contributed by atoms with Gasteiger partial charge in [0.05, 0.1) is 6.04 Å². The molecule has 1 heterocycles. The lowest BCUT2D eigenvalue weighted by Crippen LogP contribution is -2.43. The molecule has 0 aromatic heterocycles. The highest BCUT2D eigenvalue weighted by Crippen LogP contribution is 2.43. The molecule has 3 aromatic carbocycles. The van der Waals surface area contributed by atoms with Crippen LogP contribution in [0, 0.1) is 0 Å². The van der Waals surface area contributed by atoms with Crippen molar-refractivity contribution < 1.29 is 0 Å². The summed E-state index contributed by atoms with van der Waals surface area (Å²) in [5, 5.41) is 3.94. The van der Waals surface area contributed by atoms with Crippen molar-refractivity contribution >= 4 is 30.9 Å². The van der Waals surface area contributed by atoms with Gasteiger partial charge in [-0.3, -0.25) is 0 Å². The van der Waals surface area contributed by atoms with Crippen LogP contribution in [-0.4, -0.2) is 31.1 Å². The van der Waals surface area contributed by atoms with E-state index < -0.39 is 0 Å². The number of hydrogen-bond donors (Lipinski definition) is 1. The lowest BCUT2D eigenvalue weighted by atomic mass is 9.74. The Hall–Kier alpha value is -2.10. The number of allylic oxidation sites excluding steroid dienone is 1. The first kappa shape index (κ1) is 25.0. The van der Waals surface area contributed by atoms with E-state index >= 15 is 0 Å². The molecule has 0 radical (unpaired) electrons. The van der Waals surface area contributed by atoms with Gasteiger partial charge in [-0.25, -0.2) is 0 Å². The van der Waals surface area contributed by atoms with Gasteiger partial charge < -0.3 is 10.2 Å². The highest BCUT2D eigenvalue weighted by Gasteiger charge is 2.37. The maximum absolute atomic E-state index is 3.94. The molecule has 1 N–H and O–H groups in total. The molecule has 2 nitrogen and oxygen atoms in total. The molecule has 4 heteroatoms. The molecule has 178 valence electrons. The number of aryl methyl sites for hydroxylation is 2. The molecule has 3 aromatic rings. The lowest BCUT2D eigenvalue weighted by Gasteiger charge is -2.39. The predicted octanol–water partition coefficient (Wildman–Crippen LogP) is 6.37. The Balaban J connectivity index is 0.00000137. The van der Waals surface area contributed by atoms with Crippen molar-refractivity contribution in [2.75, 3.05) is 26.2 Å². The van der Waals surface area contributed by atoms with Crippen molar-refractivity contribution in [2.24, 2.45) is 0 Å². The zero-order chi connectivity index (χ0) is 21.4. The van der Waals surface area contributed by atoms with Crippen LogP contribution in [0.3, 0.4) is 0 Å². The summed E-state index contributed by atoms with van der Waals surface area (Å²) in [6.45, 7) is 4.49. The van der Waals surface area contributed by atoms with Crippen LogP contribution in [0.25, 0.3) is 6.08 Å². The van der Waals surface area contributed by atoms with Crippen molar-refractivity contribution in [1.82, 2.24) is 10.2 Å². The number of fused-ring (bicyclic) bond motifs is 4. The molecule has 1 spiro atoms. The van der Waals surface area contributed by atoms with Gasteiger partial charge >= 0.3 is 0 Å². The number of nitrogens with one attached hydrogen (secondary N) is 1. The molecule has 34 heavy (non-hydrogen) atoms. The summed E-state index contributed by atoms with van der Waals surface area (Å²) in [5.74, 6) is 0. The largest absolute Gasteiger partial charge is 0.305 e. The summed E-state index contributed by atoms with van der Waals surface area (Å²) < 4.78 is 0. The summed E-state index contributed by atoms with van der Waals surface area (Å²) in [5.41, 5.74) is 9.16. The van der Waals surface area contributed by atoms with E-state index in [0.29, 0.717) is 6.04 Å². The second-order valence-electron chi connectivity index (χ2n) is 9.70. The lowest BCUT2D eigenvalue weighted by molar-refractivity contribution is 0.184.